The van der Waals surface area contributed by atoms with E-state index in [2.05, 4.69) is 16.0 Å². The summed E-state index contributed by atoms with van der Waals surface area (Å²) in [6.07, 6.45) is -0.137. The number of nitriles is 1. The summed E-state index contributed by atoms with van der Waals surface area (Å²) < 4.78 is 5.02. The van der Waals surface area contributed by atoms with E-state index < -0.39 is 0 Å². The van der Waals surface area contributed by atoms with E-state index in [4.69, 9.17) is 10.00 Å². The van der Waals surface area contributed by atoms with Crippen LogP contribution in [0.3, 0.4) is 0 Å². The first-order valence-corrected chi connectivity index (χ1v) is 6.50. The molecule has 0 spiro atoms. The summed E-state index contributed by atoms with van der Waals surface area (Å²) in [5.41, 5.74) is 1.05. The second-order valence-corrected chi connectivity index (χ2v) is 4.94. The molecule has 0 unspecified atom stereocenters. The van der Waals surface area contributed by atoms with Gasteiger partial charge in [-0.3, -0.25) is 4.79 Å². The van der Waals surface area contributed by atoms with Crippen molar-refractivity contribution in [1.82, 2.24) is 9.97 Å². The third-order valence-corrected chi connectivity index (χ3v) is 2.92. The van der Waals surface area contributed by atoms with Crippen molar-refractivity contribution in [3.05, 3.63) is 17.1 Å². The summed E-state index contributed by atoms with van der Waals surface area (Å²) in [5.74, 6) is 0.419. The van der Waals surface area contributed by atoms with Crippen LogP contribution in [0.2, 0.25) is 0 Å². The van der Waals surface area contributed by atoms with Crippen molar-refractivity contribution in [2.24, 2.45) is 0 Å². The van der Waals surface area contributed by atoms with E-state index in [1.54, 1.807) is 27.7 Å². The van der Waals surface area contributed by atoms with Crippen LogP contribution < -0.4 is 0 Å². The summed E-state index contributed by atoms with van der Waals surface area (Å²) in [7, 11) is 0. The molecule has 1 heterocycles. The molecule has 0 amide bonds. The highest BCUT2D eigenvalue weighted by molar-refractivity contribution is 7.99. The van der Waals surface area contributed by atoms with Crippen molar-refractivity contribution in [3.63, 3.8) is 0 Å². The van der Waals surface area contributed by atoms with Gasteiger partial charge in [-0.05, 0) is 27.7 Å². The minimum Gasteiger partial charge on any atom is -0.462 e. The predicted octanol–water partition coefficient (Wildman–Crippen LogP) is 2.01. The van der Waals surface area contributed by atoms with E-state index >= 15 is 0 Å². The number of aryl methyl sites for hydroxylation is 2. The molecule has 0 bridgehead atoms. The van der Waals surface area contributed by atoms with Gasteiger partial charge >= 0.3 is 5.97 Å². The lowest BCUT2D eigenvalue weighted by atomic mass is 10.3. The summed E-state index contributed by atoms with van der Waals surface area (Å²) in [6.45, 7) is 7.10. The average molecular weight is 265 g/mol. The van der Waals surface area contributed by atoms with Crippen LogP contribution in [0.1, 0.15) is 30.9 Å². The minimum atomic E-state index is -0.312. The van der Waals surface area contributed by atoms with Crippen molar-refractivity contribution in [3.8, 4) is 6.07 Å². The fraction of sp³-hybridized carbons (Fsp3) is 0.500. The maximum absolute atomic E-state index is 11.4. The molecule has 6 heteroatoms. The summed E-state index contributed by atoms with van der Waals surface area (Å²) in [6, 6.07) is 2.06. The molecule has 1 rings (SSSR count). The molecule has 5 nitrogen and oxygen atoms in total. The number of esters is 1. The highest BCUT2D eigenvalue weighted by Gasteiger charge is 2.13. The van der Waals surface area contributed by atoms with Crippen molar-refractivity contribution in [1.29, 1.82) is 5.26 Å². The Morgan fingerprint density at radius 2 is 2.11 bits per heavy atom. The Balaban J connectivity index is 2.79. The molecule has 0 aliphatic heterocycles. The van der Waals surface area contributed by atoms with Crippen LogP contribution in [0.5, 0.6) is 0 Å². The lowest BCUT2D eigenvalue weighted by Gasteiger charge is -2.08. The number of hydrogen-bond donors (Lipinski definition) is 0. The first kappa shape index (κ1) is 14.5. The molecule has 0 aromatic carbocycles. The molecule has 1 aromatic heterocycles. The van der Waals surface area contributed by atoms with Gasteiger partial charge in [0.1, 0.15) is 22.5 Å². The average Bonchev–Trinajstić information content (AvgIpc) is 2.24. The Morgan fingerprint density at radius 3 is 2.67 bits per heavy atom. The van der Waals surface area contributed by atoms with Crippen LogP contribution in [0.25, 0.3) is 0 Å². The van der Waals surface area contributed by atoms with Gasteiger partial charge in [-0.15, -0.1) is 0 Å². The van der Waals surface area contributed by atoms with Crippen molar-refractivity contribution >= 4 is 17.7 Å². The molecule has 0 atom stereocenters. The molecular weight excluding hydrogens is 250 g/mol. The SMILES string of the molecule is Cc1nc(C)c(C#N)c(SCC(=O)OC(C)C)n1. The third-order valence-electron chi connectivity index (χ3n) is 1.97. The van der Waals surface area contributed by atoms with Crippen LogP contribution in [0.4, 0.5) is 0 Å². The number of rotatable bonds is 4. The lowest BCUT2D eigenvalue weighted by molar-refractivity contribution is -0.144. The molecule has 0 saturated heterocycles. The molecule has 0 fully saturated rings. The third kappa shape index (κ3) is 4.00. The van der Waals surface area contributed by atoms with Crippen molar-refractivity contribution < 1.29 is 9.53 Å². The number of thioether (sulfide) groups is 1. The van der Waals surface area contributed by atoms with Gasteiger partial charge in [-0.1, -0.05) is 11.8 Å². The molecule has 96 valence electrons. The smallest absolute Gasteiger partial charge is 0.316 e. The van der Waals surface area contributed by atoms with Gasteiger partial charge < -0.3 is 4.74 Å². The zero-order valence-electron chi connectivity index (χ0n) is 10.9. The number of carbonyl (C=O) groups excluding carboxylic acids is 1. The Hall–Kier alpha value is -1.61. The molecule has 0 radical (unpaired) electrons. The van der Waals surface area contributed by atoms with E-state index in [9.17, 15) is 4.79 Å². The van der Waals surface area contributed by atoms with Crippen molar-refractivity contribution in [2.45, 2.75) is 38.8 Å². The quantitative estimate of drug-likeness (QED) is 0.471. The van der Waals surface area contributed by atoms with E-state index in [0.717, 1.165) is 0 Å². The minimum absolute atomic E-state index is 0.137. The van der Waals surface area contributed by atoms with Gasteiger partial charge in [0, 0.05) is 0 Å². The molecule has 18 heavy (non-hydrogen) atoms. The van der Waals surface area contributed by atoms with Gasteiger partial charge in [-0.2, -0.15) is 5.26 Å². The first-order valence-electron chi connectivity index (χ1n) is 5.51. The van der Waals surface area contributed by atoms with Gasteiger partial charge in [0.15, 0.2) is 0 Å². The van der Waals surface area contributed by atoms with Gasteiger partial charge in [0.25, 0.3) is 0 Å². The van der Waals surface area contributed by atoms with Crippen LogP contribution in [-0.4, -0.2) is 27.8 Å². The highest BCUT2D eigenvalue weighted by atomic mass is 32.2. The predicted molar refractivity (Wildman–Crippen MR) is 68.2 cm³/mol. The van der Waals surface area contributed by atoms with E-state index in [1.165, 1.54) is 11.8 Å². The van der Waals surface area contributed by atoms with Gasteiger partial charge in [0.05, 0.1) is 17.6 Å². The number of aromatic nitrogens is 2. The fourth-order valence-corrected chi connectivity index (χ4v) is 2.20. The second kappa shape index (κ2) is 6.36. The molecule has 0 aliphatic rings. The van der Waals surface area contributed by atoms with Crippen LogP contribution in [0, 0.1) is 25.2 Å². The number of ether oxygens (including phenoxy) is 1. The standard InChI is InChI=1S/C12H15N3O2S/c1-7(2)17-11(16)6-18-12-10(5-13)8(3)14-9(4)15-12/h7H,6H2,1-4H3. The second-order valence-electron chi connectivity index (χ2n) is 3.98. The largest absolute Gasteiger partial charge is 0.462 e. The number of carbonyl (C=O) groups is 1. The summed E-state index contributed by atoms with van der Waals surface area (Å²) in [4.78, 5) is 19.7. The lowest BCUT2D eigenvalue weighted by Crippen LogP contribution is -2.13. The topological polar surface area (TPSA) is 75.9 Å². The molecule has 0 N–H and O–H groups in total. The molecule has 0 saturated carbocycles. The maximum Gasteiger partial charge on any atom is 0.316 e. The Bertz CT molecular complexity index is 495. The Morgan fingerprint density at radius 1 is 1.44 bits per heavy atom. The highest BCUT2D eigenvalue weighted by Crippen LogP contribution is 2.22. The zero-order valence-corrected chi connectivity index (χ0v) is 11.7. The number of hydrogen-bond acceptors (Lipinski definition) is 6. The van der Waals surface area contributed by atoms with Gasteiger partial charge in [-0.25, -0.2) is 9.97 Å². The fourth-order valence-electron chi connectivity index (χ4n) is 1.34. The van der Waals surface area contributed by atoms with Gasteiger partial charge in [0.2, 0.25) is 0 Å². The molecular formula is C12H15N3O2S. The Kier molecular flexibility index (Phi) is 5.10. The summed E-state index contributed by atoms with van der Waals surface area (Å²) in [5, 5.41) is 9.57. The van der Waals surface area contributed by atoms with E-state index in [0.29, 0.717) is 22.1 Å². The van der Waals surface area contributed by atoms with Crippen LogP contribution in [0.15, 0.2) is 5.03 Å². The van der Waals surface area contributed by atoms with E-state index in [1.807, 2.05) is 0 Å². The summed E-state index contributed by atoms with van der Waals surface area (Å²) >= 11 is 1.20. The molecule has 1 aromatic rings. The molecule has 0 aliphatic carbocycles. The van der Waals surface area contributed by atoms with Crippen molar-refractivity contribution in [2.75, 3.05) is 5.75 Å². The zero-order chi connectivity index (χ0) is 13.7. The number of nitrogens with zero attached hydrogens (tertiary/aromatic N) is 3. The van der Waals surface area contributed by atoms with E-state index in [-0.39, 0.29) is 17.8 Å². The van der Waals surface area contributed by atoms with Crippen LogP contribution >= 0.6 is 11.8 Å². The maximum atomic E-state index is 11.4. The monoisotopic (exact) mass is 265 g/mol. The normalized spacial score (nSPS) is 10.2. The first-order chi connectivity index (χ1) is 8.43. The Labute approximate surface area is 111 Å². The van der Waals surface area contributed by atoms with Crippen LogP contribution in [-0.2, 0) is 9.53 Å².